The summed E-state index contributed by atoms with van der Waals surface area (Å²) in [4.78, 5) is 0. The quantitative estimate of drug-likeness (QED) is 0.768. The van der Waals surface area contributed by atoms with Gasteiger partial charge in [0.05, 0.1) is 4.70 Å². The molecule has 2 aromatic rings. The molecule has 0 fully saturated rings. The number of anilines is 1. The van der Waals surface area contributed by atoms with Crippen LogP contribution in [0.1, 0.15) is 5.56 Å². The molecule has 0 aliphatic carbocycles. The lowest BCUT2D eigenvalue weighted by Crippen LogP contribution is -1.83. The zero-order chi connectivity index (χ0) is 9.26. The molecule has 0 unspecified atom stereocenters. The third-order valence-electron chi connectivity index (χ3n) is 2.01. The summed E-state index contributed by atoms with van der Waals surface area (Å²) >= 11 is 3.59. The van der Waals surface area contributed by atoms with Crippen LogP contribution >= 0.6 is 23.1 Å². The molecule has 1 nitrogen and oxygen atoms in total. The Morgan fingerprint density at radius 3 is 3.08 bits per heavy atom. The molecule has 0 bridgehead atoms. The lowest BCUT2D eigenvalue weighted by atomic mass is 10.2. The number of nitrogen functional groups attached to an aromatic ring is 1. The molecule has 0 saturated carbocycles. The van der Waals surface area contributed by atoms with Crippen LogP contribution in [0.25, 0.3) is 10.1 Å². The van der Waals surface area contributed by atoms with E-state index in [1.54, 1.807) is 11.3 Å². The van der Waals surface area contributed by atoms with Crippen molar-refractivity contribution in [3.63, 3.8) is 0 Å². The molecule has 2 N–H and O–H groups in total. The van der Waals surface area contributed by atoms with Gasteiger partial charge in [-0.25, -0.2) is 0 Å². The molecule has 3 heteroatoms. The van der Waals surface area contributed by atoms with E-state index in [0.29, 0.717) is 0 Å². The van der Waals surface area contributed by atoms with Gasteiger partial charge in [0, 0.05) is 11.4 Å². The summed E-state index contributed by atoms with van der Waals surface area (Å²) in [5, 5.41) is 3.52. The Balaban J connectivity index is 2.61. The Labute approximate surface area is 85.9 Å². The van der Waals surface area contributed by atoms with Gasteiger partial charge in [-0.3, -0.25) is 0 Å². The molecule has 0 spiro atoms. The number of nitrogens with two attached hydrogens (primary N) is 1. The van der Waals surface area contributed by atoms with Gasteiger partial charge in [-0.15, -0.1) is 11.3 Å². The molecule has 0 aliphatic rings. The van der Waals surface area contributed by atoms with Crippen LogP contribution in [0.15, 0.2) is 23.6 Å². The first-order valence-corrected chi connectivity index (χ1v) is 6.34. The van der Waals surface area contributed by atoms with Crippen molar-refractivity contribution in [2.75, 3.05) is 12.0 Å². The fourth-order valence-electron chi connectivity index (χ4n) is 1.40. The van der Waals surface area contributed by atoms with Crippen molar-refractivity contribution < 1.29 is 0 Å². The second-order valence-electron chi connectivity index (χ2n) is 2.92. The van der Waals surface area contributed by atoms with E-state index in [-0.39, 0.29) is 0 Å². The summed E-state index contributed by atoms with van der Waals surface area (Å²) < 4.78 is 1.23. The van der Waals surface area contributed by atoms with E-state index in [1.165, 1.54) is 15.6 Å². The number of thiophene rings is 1. The second-order valence-corrected chi connectivity index (χ2v) is 4.66. The van der Waals surface area contributed by atoms with Gasteiger partial charge in [0.25, 0.3) is 0 Å². The Hall–Kier alpha value is -0.670. The van der Waals surface area contributed by atoms with Gasteiger partial charge < -0.3 is 5.73 Å². The lowest BCUT2D eigenvalue weighted by Gasteiger charge is -1.97. The van der Waals surface area contributed by atoms with E-state index < -0.39 is 0 Å². The highest BCUT2D eigenvalue weighted by molar-refractivity contribution is 7.97. The maximum absolute atomic E-state index is 5.87. The van der Waals surface area contributed by atoms with Crippen molar-refractivity contribution in [1.82, 2.24) is 0 Å². The third-order valence-corrected chi connectivity index (χ3v) is 3.70. The maximum Gasteiger partial charge on any atom is 0.0575 e. The smallest absolute Gasteiger partial charge is 0.0575 e. The summed E-state index contributed by atoms with van der Waals surface area (Å²) in [5.41, 5.74) is 8.17. The SMILES string of the molecule is CSCc1csc2c(N)cccc12. The van der Waals surface area contributed by atoms with Gasteiger partial charge in [-0.05, 0) is 28.7 Å². The largest absolute Gasteiger partial charge is 0.398 e. The van der Waals surface area contributed by atoms with Crippen LogP contribution in [0.3, 0.4) is 0 Å². The van der Waals surface area contributed by atoms with Crippen molar-refractivity contribution in [1.29, 1.82) is 0 Å². The highest BCUT2D eigenvalue weighted by Crippen LogP contribution is 2.31. The Morgan fingerprint density at radius 2 is 2.31 bits per heavy atom. The van der Waals surface area contributed by atoms with Crippen LogP contribution in [0.5, 0.6) is 0 Å². The van der Waals surface area contributed by atoms with Gasteiger partial charge in [-0.1, -0.05) is 12.1 Å². The van der Waals surface area contributed by atoms with E-state index in [1.807, 2.05) is 23.9 Å². The van der Waals surface area contributed by atoms with Crippen molar-refractivity contribution in [2.45, 2.75) is 5.75 Å². The number of hydrogen-bond acceptors (Lipinski definition) is 3. The average Bonchev–Trinajstić information content (AvgIpc) is 2.51. The monoisotopic (exact) mass is 209 g/mol. The van der Waals surface area contributed by atoms with Gasteiger partial charge in [0.15, 0.2) is 0 Å². The average molecular weight is 209 g/mol. The lowest BCUT2D eigenvalue weighted by molar-refractivity contribution is 1.52. The summed E-state index contributed by atoms with van der Waals surface area (Å²) in [5.74, 6) is 1.07. The minimum absolute atomic E-state index is 0.898. The summed E-state index contributed by atoms with van der Waals surface area (Å²) in [6.45, 7) is 0. The molecule has 1 heterocycles. The predicted octanol–water partition coefficient (Wildman–Crippen LogP) is 3.35. The number of fused-ring (bicyclic) bond motifs is 1. The van der Waals surface area contributed by atoms with Crippen molar-refractivity contribution >= 4 is 38.9 Å². The number of thioether (sulfide) groups is 1. The second kappa shape index (κ2) is 3.60. The molecule has 2 rings (SSSR count). The van der Waals surface area contributed by atoms with E-state index in [2.05, 4.69) is 17.7 Å². The first kappa shape index (κ1) is 8.91. The number of rotatable bonds is 2. The molecule has 1 aromatic heterocycles. The summed E-state index contributed by atoms with van der Waals surface area (Å²) in [6, 6.07) is 6.13. The highest BCUT2D eigenvalue weighted by atomic mass is 32.2. The van der Waals surface area contributed by atoms with E-state index in [4.69, 9.17) is 5.73 Å². The van der Waals surface area contributed by atoms with Crippen LogP contribution in [-0.2, 0) is 5.75 Å². The first-order chi connectivity index (χ1) is 6.33. The van der Waals surface area contributed by atoms with E-state index in [9.17, 15) is 0 Å². The van der Waals surface area contributed by atoms with Gasteiger partial charge in [-0.2, -0.15) is 11.8 Å². The number of hydrogen-bond donors (Lipinski definition) is 1. The van der Waals surface area contributed by atoms with Crippen molar-refractivity contribution in [3.05, 3.63) is 29.1 Å². The fourth-order valence-corrected chi connectivity index (χ4v) is 3.06. The Morgan fingerprint density at radius 1 is 1.46 bits per heavy atom. The highest BCUT2D eigenvalue weighted by Gasteiger charge is 2.04. The van der Waals surface area contributed by atoms with Crippen molar-refractivity contribution in [2.24, 2.45) is 0 Å². The minimum Gasteiger partial charge on any atom is -0.398 e. The molecule has 0 aliphatic heterocycles. The molecule has 0 radical (unpaired) electrons. The molecular weight excluding hydrogens is 198 g/mol. The Bertz CT molecular complexity index is 420. The Kier molecular flexibility index (Phi) is 2.47. The normalized spacial score (nSPS) is 10.8. The molecule has 1 aromatic carbocycles. The summed E-state index contributed by atoms with van der Waals surface area (Å²) in [6.07, 6.45) is 2.12. The summed E-state index contributed by atoms with van der Waals surface area (Å²) in [7, 11) is 0. The zero-order valence-corrected chi connectivity index (χ0v) is 9.04. The van der Waals surface area contributed by atoms with Crippen molar-refractivity contribution in [3.8, 4) is 0 Å². The van der Waals surface area contributed by atoms with Crippen LogP contribution in [-0.4, -0.2) is 6.26 Å². The van der Waals surface area contributed by atoms with Crippen LogP contribution < -0.4 is 5.73 Å². The molecule has 0 amide bonds. The van der Waals surface area contributed by atoms with E-state index in [0.717, 1.165) is 11.4 Å². The van der Waals surface area contributed by atoms with Gasteiger partial charge in [0.2, 0.25) is 0 Å². The van der Waals surface area contributed by atoms with Crippen LogP contribution in [0.2, 0.25) is 0 Å². The van der Waals surface area contributed by atoms with Crippen LogP contribution in [0, 0.1) is 0 Å². The third kappa shape index (κ3) is 1.54. The standard InChI is InChI=1S/C10H11NS2/c1-12-5-7-6-13-10-8(7)3-2-4-9(10)11/h2-4,6H,5,11H2,1H3. The van der Waals surface area contributed by atoms with Gasteiger partial charge >= 0.3 is 0 Å². The topological polar surface area (TPSA) is 26.0 Å². The fraction of sp³-hybridized carbons (Fsp3) is 0.200. The molecular formula is C10H11NS2. The molecule has 0 atom stereocenters. The molecule has 0 saturated heterocycles. The van der Waals surface area contributed by atoms with E-state index >= 15 is 0 Å². The maximum atomic E-state index is 5.87. The minimum atomic E-state index is 0.898. The van der Waals surface area contributed by atoms with Gasteiger partial charge in [0.1, 0.15) is 0 Å². The first-order valence-electron chi connectivity index (χ1n) is 4.06. The van der Waals surface area contributed by atoms with Crippen LogP contribution in [0.4, 0.5) is 5.69 Å². The number of benzene rings is 1. The molecule has 13 heavy (non-hydrogen) atoms. The molecule has 68 valence electrons. The zero-order valence-electron chi connectivity index (χ0n) is 7.41. The predicted molar refractivity (Wildman–Crippen MR) is 63.5 cm³/mol.